The van der Waals surface area contributed by atoms with E-state index in [1.54, 1.807) is 30.3 Å². The number of aliphatic carboxylic acids is 1. The SMILES string of the molecule is COc1cc(CC(=O)O)c(-c2cc3ccc(OC)c(OC)c3c(=O)[nH]2)cc1OC. The highest BCUT2D eigenvalue weighted by Gasteiger charge is 2.18. The van der Waals surface area contributed by atoms with Gasteiger partial charge >= 0.3 is 5.97 Å². The van der Waals surface area contributed by atoms with E-state index in [0.29, 0.717) is 50.6 Å². The van der Waals surface area contributed by atoms with Crippen molar-refractivity contribution in [2.45, 2.75) is 6.42 Å². The van der Waals surface area contributed by atoms with Gasteiger partial charge in [0.25, 0.3) is 5.56 Å². The number of methoxy groups -OCH3 is 4. The van der Waals surface area contributed by atoms with E-state index in [0.717, 1.165) is 0 Å². The van der Waals surface area contributed by atoms with Gasteiger partial charge in [0.15, 0.2) is 23.0 Å². The molecule has 0 spiro atoms. The first-order valence-corrected chi connectivity index (χ1v) is 8.68. The first-order chi connectivity index (χ1) is 13.9. The number of carbonyl (C=O) groups is 1. The summed E-state index contributed by atoms with van der Waals surface area (Å²) in [6.07, 6.45) is -0.248. The summed E-state index contributed by atoms with van der Waals surface area (Å²) in [4.78, 5) is 27.0. The number of nitrogens with one attached hydrogen (secondary N) is 1. The highest BCUT2D eigenvalue weighted by atomic mass is 16.5. The number of H-pyrrole nitrogens is 1. The number of ether oxygens (including phenoxy) is 4. The summed E-state index contributed by atoms with van der Waals surface area (Å²) in [5.41, 5.74) is 1.07. The van der Waals surface area contributed by atoms with E-state index in [1.807, 2.05) is 0 Å². The van der Waals surface area contributed by atoms with Gasteiger partial charge in [-0.25, -0.2) is 0 Å². The van der Waals surface area contributed by atoms with Crippen LogP contribution in [0.15, 0.2) is 35.1 Å². The second-order valence-electron chi connectivity index (χ2n) is 6.21. The van der Waals surface area contributed by atoms with E-state index >= 15 is 0 Å². The predicted octanol–water partition coefficient (Wildman–Crippen LogP) is 2.86. The molecule has 1 heterocycles. The third kappa shape index (κ3) is 3.69. The lowest BCUT2D eigenvalue weighted by Gasteiger charge is -2.15. The summed E-state index contributed by atoms with van der Waals surface area (Å²) in [5, 5.41) is 10.3. The van der Waals surface area contributed by atoms with E-state index in [1.165, 1.54) is 28.4 Å². The summed E-state index contributed by atoms with van der Waals surface area (Å²) in [6.45, 7) is 0. The van der Waals surface area contributed by atoms with Crippen molar-refractivity contribution in [1.82, 2.24) is 4.98 Å². The molecule has 0 radical (unpaired) electrons. The molecule has 0 aliphatic carbocycles. The second kappa shape index (κ2) is 8.14. The molecule has 0 saturated heterocycles. The molecular formula is C21H21NO7. The minimum Gasteiger partial charge on any atom is -0.493 e. The molecule has 0 atom stereocenters. The Labute approximate surface area is 166 Å². The summed E-state index contributed by atoms with van der Waals surface area (Å²) in [6, 6.07) is 8.45. The summed E-state index contributed by atoms with van der Waals surface area (Å²) >= 11 is 0. The molecular weight excluding hydrogens is 378 g/mol. The van der Waals surface area contributed by atoms with Crippen LogP contribution in [0.5, 0.6) is 23.0 Å². The van der Waals surface area contributed by atoms with Crippen LogP contribution in [0.2, 0.25) is 0 Å². The van der Waals surface area contributed by atoms with Gasteiger partial charge in [0.2, 0.25) is 0 Å². The lowest BCUT2D eigenvalue weighted by atomic mass is 9.98. The maximum absolute atomic E-state index is 12.9. The average molecular weight is 399 g/mol. The molecule has 0 fully saturated rings. The first-order valence-electron chi connectivity index (χ1n) is 8.68. The topological polar surface area (TPSA) is 107 Å². The Bertz CT molecular complexity index is 1130. The van der Waals surface area contributed by atoms with Crippen molar-refractivity contribution in [2.24, 2.45) is 0 Å². The van der Waals surface area contributed by atoms with Crippen LogP contribution in [0, 0.1) is 0 Å². The molecule has 8 heteroatoms. The standard InChI is InChI=1S/C21H21NO7/c1-26-15-6-5-11-7-14(22-21(25)19(11)20(15)29-4)13-10-17(28-3)16(27-2)8-12(13)9-18(23)24/h5-8,10H,9H2,1-4H3,(H,22,25)(H,23,24). The third-order valence-electron chi connectivity index (χ3n) is 4.59. The molecule has 3 aromatic rings. The highest BCUT2D eigenvalue weighted by molar-refractivity contribution is 5.92. The third-order valence-corrected chi connectivity index (χ3v) is 4.59. The van der Waals surface area contributed by atoms with Crippen LogP contribution < -0.4 is 24.5 Å². The van der Waals surface area contributed by atoms with Crippen molar-refractivity contribution in [3.8, 4) is 34.3 Å². The Balaban J connectivity index is 2.30. The number of hydrogen-bond acceptors (Lipinski definition) is 6. The monoisotopic (exact) mass is 399 g/mol. The lowest BCUT2D eigenvalue weighted by Crippen LogP contribution is -2.11. The number of aromatic amines is 1. The zero-order chi connectivity index (χ0) is 21.1. The molecule has 0 unspecified atom stereocenters. The van der Waals surface area contributed by atoms with Gasteiger partial charge in [-0.2, -0.15) is 0 Å². The molecule has 1 aromatic heterocycles. The number of benzene rings is 2. The maximum atomic E-state index is 12.9. The molecule has 29 heavy (non-hydrogen) atoms. The fourth-order valence-corrected chi connectivity index (χ4v) is 3.30. The fourth-order valence-electron chi connectivity index (χ4n) is 3.30. The smallest absolute Gasteiger partial charge is 0.307 e. The first kappa shape index (κ1) is 20.1. The number of aromatic nitrogens is 1. The van der Waals surface area contributed by atoms with Gasteiger partial charge in [0.1, 0.15) is 0 Å². The largest absolute Gasteiger partial charge is 0.493 e. The Kier molecular flexibility index (Phi) is 5.63. The predicted molar refractivity (Wildman–Crippen MR) is 108 cm³/mol. The van der Waals surface area contributed by atoms with Crippen molar-refractivity contribution in [3.05, 3.63) is 46.2 Å². The number of carboxylic acid groups (broad SMARTS) is 1. The average Bonchev–Trinajstić information content (AvgIpc) is 2.71. The van der Waals surface area contributed by atoms with Gasteiger partial charge in [0.05, 0.1) is 40.2 Å². The highest BCUT2D eigenvalue weighted by Crippen LogP contribution is 2.38. The van der Waals surface area contributed by atoms with Crippen LogP contribution in [-0.4, -0.2) is 44.5 Å². The van der Waals surface area contributed by atoms with E-state index in [2.05, 4.69) is 4.98 Å². The molecule has 0 bridgehead atoms. The molecule has 0 saturated carbocycles. The number of pyridine rings is 1. The van der Waals surface area contributed by atoms with Gasteiger partial charge in [-0.1, -0.05) is 6.07 Å². The van der Waals surface area contributed by atoms with Gasteiger partial charge in [-0.05, 0) is 35.2 Å². The van der Waals surface area contributed by atoms with Crippen LogP contribution >= 0.6 is 0 Å². The number of carboxylic acids is 1. The molecule has 2 aromatic carbocycles. The van der Waals surface area contributed by atoms with E-state index < -0.39 is 5.97 Å². The number of rotatable bonds is 7. The molecule has 3 rings (SSSR count). The minimum atomic E-state index is -1.01. The van der Waals surface area contributed by atoms with Crippen molar-refractivity contribution in [1.29, 1.82) is 0 Å². The van der Waals surface area contributed by atoms with Crippen molar-refractivity contribution in [2.75, 3.05) is 28.4 Å². The summed E-state index contributed by atoms with van der Waals surface area (Å²) < 4.78 is 21.2. The number of hydrogen-bond donors (Lipinski definition) is 2. The fraction of sp³-hybridized carbons (Fsp3) is 0.238. The van der Waals surface area contributed by atoms with E-state index in [9.17, 15) is 14.7 Å². The van der Waals surface area contributed by atoms with Crippen LogP contribution in [-0.2, 0) is 11.2 Å². The molecule has 0 aliphatic heterocycles. The van der Waals surface area contributed by atoms with E-state index in [4.69, 9.17) is 18.9 Å². The normalized spacial score (nSPS) is 10.6. The van der Waals surface area contributed by atoms with Gasteiger partial charge in [0, 0.05) is 11.3 Å². The van der Waals surface area contributed by atoms with Crippen LogP contribution in [0.4, 0.5) is 0 Å². The van der Waals surface area contributed by atoms with Crippen molar-refractivity contribution >= 4 is 16.7 Å². The lowest BCUT2D eigenvalue weighted by molar-refractivity contribution is -0.136. The van der Waals surface area contributed by atoms with Gasteiger partial charge < -0.3 is 29.0 Å². The molecule has 8 nitrogen and oxygen atoms in total. The Morgan fingerprint density at radius 1 is 0.931 bits per heavy atom. The summed E-state index contributed by atoms with van der Waals surface area (Å²) in [7, 11) is 5.91. The molecule has 0 amide bonds. The molecule has 2 N–H and O–H groups in total. The van der Waals surface area contributed by atoms with Crippen LogP contribution in [0.25, 0.3) is 22.0 Å². The van der Waals surface area contributed by atoms with Crippen molar-refractivity contribution in [3.63, 3.8) is 0 Å². The van der Waals surface area contributed by atoms with Gasteiger partial charge in [-0.15, -0.1) is 0 Å². The molecule has 0 aliphatic rings. The second-order valence-corrected chi connectivity index (χ2v) is 6.21. The quantitative estimate of drug-likeness (QED) is 0.629. The Morgan fingerprint density at radius 2 is 1.59 bits per heavy atom. The number of fused-ring (bicyclic) bond motifs is 1. The Hall–Kier alpha value is -3.68. The molecule has 152 valence electrons. The zero-order valence-electron chi connectivity index (χ0n) is 16.5. The summed E-state index contributed by atoms with van der Waals surface area (Å²) in [5.74, 6) is 0.590. The van der Waals surface area contributed by atoms with Crippen LogP contribution in [0.1, 0.15) is 5.56 Å². The van der Waals surface area contributed by atoms with Crippen LogP contribution in [0.3, 0.4) is 0 Å². The van der Waals surface area contributed by atoms with E-state index in [-0.39, 0.29) is 12.0 Å². The minimum absolute atomic E-state index is 0.248. The maximum Gasteiger partial charge on any atom is 0.307 e. The Morgan fingerprint density at radius 3 is 2.17 bits per heavy atom. The van der Waals surface area contributed by atoms with Crippen molar-refractivity contribution < 1.29 is 28.8 Å². The zero-order valence-corrected chi connectivity index (χ0v) is 16.5. The van der Waals surface area contributed by atoms with Gasteiger partial charge in [-0.3, -0.25) is 9.59 Å².